The zero-order valence-electron chi connectivity index (χ0n) is 14.5. The van der Waals surface area contributed by atoms with E-state index < -0.39 is 31.1 Å². The smallest absolute Gasteiger partial charge is 0.167 e. The summed E-state index contributed by atoms with van der Waals surface area (Å²) in [5, 5.41) is 42.6. The van der Waals surface area contributed by atoms with E-state index >= 15 is 0 Å². The van der Waals surface area contributed by atoms with Crippen molar-refractivity contribution >= 4 is 32.9 Å². The summed E-state index contributed by atoms with van der Waals surface area (Å²) in [6.07, 6.45) is -1.52. The second-order valence-electron chi connectivity index (χ2n) is 6.37. The number of nitrogens with one attached hydrogen (secondary N) is 1. The van der Waals surface area contributed by atoms with Crippen molar-refractivity contribution in [3.63, 3.8) is 0 Å². The van der Waals surface area contributed by atoms with E-state index in [0.717, 1.165) is 4.47 Å². The number of phenolic OH excluding ortho intramolecular Hbond substituents is 1. The number of fused-ring (bicyclic) bond motifs is 1. The van der Waals surface area contributed by atoms with Crippen molar-refractivity contribution in [2.75, 3.05) is 11.9 Å². The number of aliphatic hydroxyl groups excluding tert-OH is 3. The van der Waals surface area contributed by atoms with Crippen LogP contribution in [0, 0.1) is 0 Å². The Morgan fingerprint density at radius 2 is 2.00 bits per heavy atom. The number of hydrogen-bond acceptors (Lipinski definition) is 9. The first kappa shape index (κ1) is 19.0. The molecule has 0 unspecified atom stereocenters. The van der Waals surface area contributed by atoms with Crippen molar-refractivity contribution in [2.45, 2.75) is 31.1 Å². The standard InChI is InChI=1S/C17H18BrN5O5/c18-9-2-1-3-10(25)8(9)4-19-15-12-16(21-6-20-15)23(7-22-12)17-14(27)13(26)11(5-24)28-17/h1-3,6-7,11,13-14,17,24-27H,4-5H2,(H,19,20,21)/t11-,13-,14+,17-/m1/s1. The van der Waals surface area contributed by atoms with Gasteiger partial charge in [0, 0.05) is 16.6 Å². The van der Waals surface area contributed by atoms with E-state index in [1.165, 1.54) is 17.2 Å². The van der Waals surface area contributed by atoms with Gasteiger partial charge in [-0.3, -0.25) is 4.57 Å². The molecule has 0 spiro atoms. The highest BCUT2D eigenvalue weighted by Gasteiger charge is 2.44. The SMILES string of the molecule is OC[C@H]1O[C@@H](n2cnc3c(NCc4c(O)cccc4Br)ncnc32)[C@@H](O)[C@@H]1O. The number of aromatic hydroxyl groups is 1. The van der Waals surface area contributed by atoms with Crippen molar-refractivity contribution in [3.05, 3.63) is 40.9 Å². The zero-order chi connectivity index (χ0) is 19.8. The molecule has 1 saturated heterocycles. The van der Waals surface area contributed by atoms with Crippen molar-refractivity contribution in [1.82, 2.24) is 19.5 Å². The first-order valence-electron chi connectivity index (χ1n) is 8.51. The predicted octanol–water partition coefficient (Wildman–Crippen LogP) is 0.518. The second kappa shape index (κ2) is 7.60. The molecule has 4 atom stereocenters. The number of benzene rings is 1. The Morgan fingerprint density at radius 3 is 2.71 bits per heavy atom. The van der Waals surface area contributed by atoms with Gasteiger partial charge in [0.1, 0.15) is 30.4 Å². The number of anilines is 1. The van der Waals surface area contributed by atoms with Gasteiger partial charge in [-0.2, -0.15) is 0 Å². The molecule has 10 nitrogen and oxygen atoms in total. The Morgan fingerprint density at radius 1 is 1.18 bits per heavy atom. The number of rotatable bonds is 5. The van der Waals surface area contributed by atoms with Crippen molar-refractivity contribution in [3.8, 4) is 5.75 Å². The van der Waals surface area contributed by atoms with Crippen LogP contribution in [0.5, 0.6) is 5.75 Å². The molecule has 28 heavy (non-hydrogen) atoms. The fourth-order valence-corrected chi connectivity index (χ4v) is 3.67. The highest BCUT2D eigenvalue weighted by Crippen LogP contribution is 2.32. The summed E-state index contributed by atoms with van der Waals surface area (Å²) in [6.45, 7) is -0.126. The minimum Gasteiger partial charge on any atom is -0.508 e. The molecule has 2 aromatic heterocycles. The van der Waals surface area contributed by atoms with E-state index in [-0.39, 0.29) is 5.75 Å². The van der Waals surface area contributed by atoms with Gasteiger partial charge in [0.15, 0.2) is 23.2 Å². The van der Waals surface area contributed by atoms with Crippen LogP contribution in [0.15, 0.2) is 35.3 Å². The minimum atomic E-state index is -1.24. The summed E-state index contributed by atoms with van der Waals surface area (Å²) in [4.78, 5) is 12.7. The average molecular weight is 452 g/mol. The van der Waals surface area contributed by atoms with Gasteiger partial charge in [0.05, 0.1) is 12.9 Å². The Labute approximate surface area is 167 Å². The van der Waals surface area contributed by atoms with Crippen LogP contribution in [0.2, 0.25) is 0 Å². The normalized spacial score (nSPS) is 24.7. The van der Waals surface area contributed by atoms with E-state index in [4.69, 9.17) is 4.74 Å². The van der Waals surface area contributed by atoms with Crippen molar-refractivity contribution in [1.29, 1.82) is 0 Å². The summed E-state index contributed by atoms with van der Waals surface area (Å²) >= 11 is 3.40. The number of halogens is 1. The first-order valence-corrected chi connectivity index (χ1v) is 9.30. The van der Waals surface area contributed by atoms with E-state index in [2.05, 4.69) is 36.2 Å². The fraction of sp³-hybridized carbons (Fsp3) is 0.353. The lowest BCUT2D eigenvalue weighted by atomic mass is 10.1. The molecule has 4 rings (SSSR count). The van der Waals surface area contributed by atoms with Gasteiger partial charge in [-0.1, -0.05) is 22.0 Å². The minimum absolute atomic E-state index is 0.143. The van der Waals surface area contributed by atoms with Gasteiger partial charge in [-0.05, 0) is 12.1 Å². The molecule has 3 aromatic rings. The van der Waals surface area contributed by atoms with Crippen LogP contribution in [0.25, 0.3) is 11.2 Å². The molecule has 0 bridgehead atoms. The predicted molar refractivity (Wildman–Crippen MR) is 101 cm³/mol. The molecule has 0 amide bonds. The highest BCUT2D eigenvalue weighted by atomic mass is 79.9. The average Bonchev–Trinajstić information content (AvgIpc) is 3.23. The Hall–Kier alpha value is -2.31. The van der Waals surface area contributed by atoms with Crippen LogP contribution in [0.4, 0.5) is 5.82 Å². The summed E-state index contributed by atoms with van der Waals surface area (Å²) in [7, 11) is 0. The van der Waals surface area contributed by atoms with E-state index in [1.807, 2.05) is 6.07 Å². The van der Waals surface area contributed by atoms with Gasteiger partial charge >= 0.3 is 0 Å². The molecule has 0 aliphatic carbocycles. The van der Waals surface area contributed by atoms with Crippen LogP contribution in [-0.2, 0) is 11.3 Å². The van der Waals surface area contributed by atoms with Crippen molar-refractivity contribution in [2.24, 2.45) is 0 Å². The molecule has 11 heteroatoms. The number of nitrogens with zero attached hydrogens (tertiary/aromatic N) is 4. The number of aliphatic hydroxyl groups is 3. The van der Waals surface area contributed by atoms with Crippen LogP contribution in [0.1, 0.15) is 11.8 Å². The third-order valence-corrected chi connectivity index (χ3v) is 5.42. The van der Waals surface area contributed by atoms with Gasteiger partial charge in [-0.15, -0.1) is 0 Å². The fourth-order valence-electron chi connectivity index (χ4n) is 3.17. The zero-order valence-corrected chi connectivity index (χ0v) is 16.1. The van der Waals surface area contributed by atoms with Crippen LogP contribution in [0.3, 0.4) is 0 Å². The van der Waals surface area contributed by atoms with Crippen LogP contribution in [-0.4, -0.2) is 64.9 Å². The summed E-state index contributed by atoms with van der Waals surface area (Å²) in [5.74, 6) is 0.579. The second-order valence-corrected chi connectivity index (χ2v) is 7.22. The van der Waals surface area contributed by atoms with E-state index in [0.29, 0.717) is 29.1 Å². The molecular formula is C17H18BrN5O5. The van der Waals surface area contributed by atoms with Crippen molar-refractivity contribution < 1.29 is 25.2 Å². The molecular weight excluding hydrogens is 434 g/mol. The highest BCUT2D eigenvalue weighted by molar-refractivity contribution is 9.10. The third-order valence-electron chi connectivity index (χ3n) is 4.68. The topological polar surface area (TPSA) is 146 Å². The van der Waals surface area contributed by atoms with Gasteiger partial charge in [0.25, 0.3) is 0 Å². The van der Waals surface area contributed by atoms with Crippen LogP contribution >= 0.6 is 15.9 Å². The molecule has 1 fully saturated rings. The molecule has 5 N–H and O–H groups in total. The van der Waals surface area contributed by atoms with E-state index in [1.54, 1.807) is 12.1 Å². The Kier molecular flexibility index (Phi) is 5.17. The molecule has 0 radical (unpaired) electrons. The summed E-state index contributed by atoms with van der Waals surface area (Å²) in [5.41, 5.74) is 1.49. The maximum atomic E-state index is 10.2. The monoisotopic (exact) mass is 451 g/mol. The number of aromatic nitrogens is 4. The maximum Gasteiger partial charge on any atom is 0.167 e. The van der Waals surface area contributed by atoms with Gasteiger partial charge in [0.2, 0.25) is 0 Å². The largest absolute Gasteiger partial charge is 0.508 e. The molecule has 1 aliphatic rings. The lowest BCUT2D eigenvalue weighted by Gasteiger charge is -2.16. The third kappa shape index (κ3) is 3.20. The first-order chi connectivity index (χ1) is 13.5. The number of ether oxygens (including phenoxy) is 1. The summed E-state index contributed by atoms with van der Waals surface area (Å²) in [6, 6.07) is 5.14. The van der Waals surface area contributed by atoms with E-state index in [9.17, 15) is 20.4 Å². The number of hydrogen-bond donors (Lipinski definition) is 5. The maximum absolute atomic E-state index is 10.2. The molecule has 1 aromatic carbocycles. The molecule has 3 heterocycles. The molecule has 1 aliphatic heterocycles. The Balaban J connectivity index is 1.62. The quantitative estimate of drug-likeness (QED) is 0.374. The molecule has 0 saturated carbocycles. The van der Waals surface area contributed by atoms with Crippen LogP contribution < -0.4 is 5.32 Å². The Bertz CT molecular complexity index is 979. The lowest BCUT2D eigenvalue weighted by Crippen LogP contribution is -2.33. The summed E-state index contributed by atoms with van der Waals surface area (Å²) < 4.78 is 7.78. The van der Waals surface area contributed by atoms with Gasteiger partial charge < -0.3 is 30.5 Å². The lowest BCUT2D eigenvalue weighted by molar-refractivity contribution is -0.0511. The number of phenols is 1. The molecule has 148 valence electrons. The number of imidazole rings is 1. The van der Waals surface area contributed by atoms with Gasteiger partial charge in [-0.25, -0.2) is 15.0 Å².